The molecule has 0 aromatic carbocycles. The second-order valence-electron chi connectivity index (χ2n) is 4.32. The number of H-pyrrole nitrogens is 1. The highest BCUT2D eigenvalue weighted by molar-refractivity contribution is 9.10. The first-order chi connectivity index (χ1) is 7.70. The van der Waals surface area contributed by atoms with Crippen LogP contribution in [0.1, 0.15) is 31.3 Å². The smallest absolute Gasteiger partial charge is 0.412 e. The summed E-state index contributed by atoms with van der Waals surface area (Å²) >= 11 is 3.13. The average molecular weight is 305 g/mol. The number of carbonyl (C=O) groups is 2. The van der Waals surface area contributed by atoms with Gasteiger partial charge in [-0.25, -0.2) is 9.59 Å². The van der Waals surface area contributed by atoms with Gasteiger partial charge in [-0.05, 0) is 36.7 Å². The number of halogens is 1. The molecule has 0 spiro atoms. The van der Waals surface area contributed by atoms with Gasteiger partial charge in [0.15, 0.2) is 0 Å². The average Bonchev–Trinajstić information content (AvgIpc) is 2.44. The predicted octanol–water partition coefficient (Wildman–Crippen LogP) is 2.82. The maximum Gasteiger partial charge on any atom is 0.412 e. The van der Waals surface area contributed by atoms with E-state index in [9.17, 15) is 9.59 Å². The first-order valence-corrected chi connectivity index (χ1v) is 5.60. The summed E-state index contributed by atoms with van der Waals surface area (Å²) in [5.74, 6) is -1.17. The number of hydrogen-bond donors (Lipinski definition) is 3. The quantitative estimate of drug-likeness (QED) is 0.783. The second kappa shape index (κ2) is 4.79. The topological polar surface area (TPSA) is 91.4 Å². The van der Waals surface area contributed by atoms with Gasteiger partial charge in [-0.2, -0.15) is 0 Å². The molecule has 7 heteroatoms. The van der Waals surface area contributed by atoms with E-state index in [4.69, 9.17) is 9.84 Å². The fourth-order valence-corrected chi connectivity index (χ4v) is 1.51. The van der Waals surface area contributed by atoms with Crippen molar-refractivity contribution in [3.63, 3.8) is 0 Å². The lowest BCUT2D eigenvalue weighted by molar-refractivity contribution is 0.0636. The van der Waals surface area contributed by atoms with E-state index in [1.54, 1.807) is 20.8 Å². The summed E-state index contributed by atoms with van der Waals surface area (Å²) in [6.07, 6.45) is 0.719. The molecule has 0 aliphatic heterocycles. The van der Waals surface area contributed by atoms with Gasteiger partial charge >= 0.3 is 12.1 Å². The Kier molecular flexibility index (Phi) is 3.82. The van der Waals surface area contributed by atoms with Crippen LogP contribution >= 0.6 is 15.9 Å². The van der Waals surface area contributed by atoms with Crippen LogP contribution in [0.15, 0.2) is 10.7 Å². The third-order valence-electron chi connectivity index (χ3n) is 1.67. The van der Waals surface area contributed by atoms with Gasteiger partial charge in [0.05, 0.1) is 10.2 Å². The Balaban J connectivity index is 2.85. The fraction of sp³-hybridized carbons (Fsp3) is 0.400. The zero-order valence-corrected chi connectivity index (χ0v) is 11.2. The fourth-order valence-electron chi connectivity index (χ4n) is 1.10. The largest absolute Gasteiger partial charge is 0.477 e. The van der Waals surface area contributed by atoms with Crippen LogP contribution in [0, 0.1) is 0 Å². The highest BCUT2D eigenvalue weighted by atomic mass is 79.9. The van der Waals surface area contributed by atoms with Crippen LogP contribution in [0.5, 0.6) is 0 Å². The second-order valence-corrected chi connectivity index (χ2v) is 5.17. The van der Waals surface area contributed by atoms with Crippen molar-refractivity contribution in [3.8, 4) is 0 Å². The minimum atomic E-state index is -1.17. The molecule has 0 saturated heterocycles. The number of carbonyl (C=O) groups excluding carboxylic acids is 1. The Morgan fingerprint density at radius 1 is 1.47 bits per heavy atom. The lowest BCUT2D eigenvalue weighted by Crippen LogP contribution is -2.27. The van der Waals surface area contributed by atoms with Crippen molar-refractivity contribution in [1.29, 1.82) is 0 Å². The van der Waals surface area contributed by atoms with Gasteiger partial charge in [0.2, 0.25) is 0 Å². The number of nitrogens with one attached hydrogen (secondary N) is 2. The molecule has 1 heterocycles. The minimum absolute atomic E-state index is 0.109. The predicted molar refractivity (Wildman–Crippen MR) is 65.3 cm³/mol. The lowest BCUT2D eigenvalue weighted by Gasteiger charge is -2.19. The Labute approximate surface area is 106 Å². The van der Waals surface area contributed by atoms with E-state index in [0.29, 0.717) is 4.47 Å². The number of carboxylic acid groups (broad SMARTS) is 1. The number of aromatic carboxylic acids is 1. The molecule has 1 aromatic heterocycles. The monoisotopic (exact) mass is 304 g/mol. The molecule has 94 valence electrons. The maximum atomic E-state index is 11.5. The number of anilines is 1. The molecule has 0 aliphatic carbocycles. The van der Waals surface area contributed by atoms with Gasteiger partial charge < -0.3 is 14.8 Å². The number of ether oxygens (including phenoxy) is 1. The Morgan fingerprint density at radius 3 is 2.53 bits per heavy atom. The molecular weight excluding hydrogens is 292 g/mol. The summed E-state index contributed by atoms with van der Waals surface area (Å²) in [7, 11) is 0. The van der Waals surface area contributed by atoms with Crippen LogP contribution < -0.4 is 5.32 Å². The summed E-state index contributed by atoms with van der Waals surface area (Å²) in [5.41, 5.74) is -0.606. The van der Waals surface area contributed by atoms with Gasteiger partial charge in [-0.1, -0.05) is 0 Å². The van der Waals surface area contributed by atoms with Crippen LogP contribution in [0.4, 0.5) is 10.5 Å². The Hall–Kier alpha value is -1.50. The van der Waals surface area contributed by atoms with E-state index in [2.05, 4.69) is 26.2 Å². The zero-order valence-electron chi connectivity index (χ0n) is 9.63. The number of rotatable bonds is 2. The SMILES string of the molecule is CC(C)(C)OC(=O)Nc1c(Br)c[nH]c1C(=O)O. The minimum Gasteiger partial charge on any atom is -0.477 e. The van der Waals surface area contributed by atoms with Crippen LogP contribution in [-0.2, 0) is 4.74 Å². The summed E-state index contributed by atoms with van der Waals surface area (Å²) in [5, 5.41) is 11.3. The van der Waals surface area contributed by atoms with Gasteiger partial charge in [-0.3, -0.25) is 5.32 Å². The van der Waals surface area contributed by atoms with Gasteiger partial charge in [-0.15, -0.1) is 0 Å². The zero-order chi connectivity index (χ0) is 13.2. The van der Waals surface area contributed by atoms with Crippen molar-refractivity contribution in [3.05, 3.63) is 16.4 Å². The number of aromatic nitrogens is 1. The molecule has 0 radical (unpaired) electrons. The van der Waals surface area contributed by atoms with E-state index in [1.807, 2.05) is 0 Å². The van der Waals surface area contributed by atoms with Crippen LogP contribution in [0.2, 0.25) is 0 Å². The molecule has 0 fully saturated rings. The number of aromatic amines is 1. The van der Waals surface area contributed by atoms with Crippen LogP contribution in [0.25, 0.3) is 0 Å². The van der Waals surface area contributed by atoms with Gasteiger partial charge in [0.1, 0.15) is 11.3 Å². The van der Waals surface area contributed by atoms with Gasteiger partial charge in [0.25, 0.3) is 0 Å². The Morgan fingerprint density at radius 2 is 2.06 bits per heavy atom. The van der Waals surface area contributed by atoms with E-state index in [1.165, 1.54) is 6.20 Å². The number of carboxylic acids is 1. The molecule has 0 bridgehead atoms. The normalized spacial score (nSPS) is 11.1. The van der Waals surface area contributed by atoms with E-state index < -0.39 is 17.7 Å². The summed E-state index contributed by atoms with van der Waals surface area (Å²) in [6.45, 7) is 5.16. The Bertz CT molecular complexity index is 448. The van der Waals surface area contributed by atoms with Crippen molar-refractivity contribution < 1.29 is 19.4 Å². The summed E-state index contributed by atoms with van der Waals surface area (Å²) < 4.78 is 5.47. The van der Waals surface area contributed by atoms with Crippen molar-refractivity contribution >= 4 is 33.7 Å². The number of amides is 1. The first kappa shape index (κ1) is 13.6. The van der Waals surface area contributed by atoms with Crippen LogP contribution in [-0.4, -0.2) is 27.8 Å². The molecule has 3 N–H and O–H groups in total. The summed E-state index contributed by atoms with van der Waals surface area (Å²) in [6, 6.07) is 0. The molecule has 0 saturated carbocycles. The van der Waals surface area contributed by atoms with Crippen molar-refractivity contribution in [2.75, 3.05) is 5.32 Å². The molecule has 17 heavy (non-hydrogen) atoms. The van der Waals surface area contributed by atoms with Crippen molar-refractivity contribution in [2.24, 2.45) is 0 Å². The standard InChI is InChI=1S/C10H13BrN2O4/c1-10(2,3)17-9(16)13-6-5(11)4-12-7(6)8(14)15/h4,12H,1-3H3,(H,13,16)(H,14,15). The molecule has 1 rings (SSSR count). The van der Waals surface area contributed by atoms with Crippen LogP contribution in [0.3, 0.4) is 0 Å². The molecule has 0 atom stereocenters. The van der Waals surface area contributed by atoms with E-state index in [0.717, 1.165) is 0 Å². The highest BCUT2D eigenvalue weighted by Crippen LogP contribution is 2.26. The third kappa shape index (κ3) is 3.77. The van der Waals surface area contributed by atoms with Crippen molar-refractivity contribution in [1.82, 2.24) is 4.98 Å². The molecular formula is C10H13BrN2O4. The molecule has 0 aliphatic rings. The third-order valence-corrected chi connectivity index (χ3v) is 2.30. The number of hydrogen-bond acceptors (Lipinski definition) is 3. The molecule has 1 amide bonds. The molecule has 1 aromatic rings. The van der Waals surface area contributed by atoms with Crippen molar-refractivity contribution in [2.45, 2.75) is 26.4 Å². The maximum absolute atomic E-state index is 11.5. The molecule has 0 unspecified atom stereocenters. The highest BCUT2D eigenvalue weighted by Gasteiger charge is 2.21. The summed E-state index contributed by atoms with van der Waals surface area (Å²) in [4.78, 5) is 24.9. The van der Waals surface area contributed by atoms with E-state index >= 15 is 0 Å². The lowest BCUT2D eigenvalue weighted by atomic mass is 10.2. The first-order valence-electron chi connectivity index (χ1n) is 4.81. The van der Waals surface area contributed by atoms with Gasteiger partial charge in [0, 0.05) is 6.20 Å². The molecule has 6 nitrogen and oxygen atoms in total. The van der Waals surface area contributed by atoms with E-state index in [-0.39, 0.29) is 11.4 Å².